The van der Waals surface area contributed by atoms with E-state index in [1.807, 2.05) is 35.4 Å². The third-order valence-electron chi connectivity index (χ3n) is 3.52. The van der Waals surface area contributed by atoms with E-state index in [4.69, 9.17) is 11.6 Å². The molecule has 0 radical (unpaired) electrons. The van der Waals surface area contributed by atoms with E-state index in [2.05, 4.69) is 10.3 Å². The summed E-state index contributed by atoms with van der Waals surface area (Å²) in [4.78, 5) is 18.7. The van der Waals surface area contributed by atoms with E-state index in [0.29, 0.717) is 18.8 Å². The van der Waals surface area contributed by atoms with Crippen LogP contribution >= 0.6 is 22.9 Å². The summed E-state index contributed by atoms with van der Waals surface area (Å²) in [5.41, 5.74) is 2.92. The second kappa shape index (κ2) is 6.03. The maximum absolute atomic E-state index is 12.5. The molecule has 110 valence electrons. The third-order valence-corrected chi connectivity index (χ3v) is 4.55. The fourth-order valence-electron chi connectivity index (χ4n) is 2.46. The predicted molar refractivity (Wildman–Crippen MR) is 86.2 cm³/mol. The van der Waals surface area contributed by atoms with E-state index in [0.717, 1.165) is 23.1 Å². The van der Waals surface area contributed by atoms with Crippen LogP contribution in [-0.4, -0.2) is 28.9 Å². The largest absolute Gasteiger partial charge is 0.362 e. The topological polar surface area (TPSA) is 45.2 Å². The van der Waals surface area contributed by atoms with Gasteiger partial charge in [0, 0.05) is 30.0 Å². The van der Waals surface area contributed by atoms with Gasteiger partial charge in [-0.25, -0.2) is 4.98 Å². The molecule has 0 unspecified atom stereocenters. The number of rotatable bonds is 3. The van der Waals surface area contributed by atoms with Crippen molar-refractivity contribution in [2.75, 3.05) is 18.4 Å². The summed E-state index contributed by atoms with van der Waals surface area (Å²) in [6.07, 6.45) is 0.839. The van der Waals surface area contributed by atoms with Crippen molar-refractivity contribution in [2.45, 2.75) is 19.9 Å². The van der Waals surface area contributed by atoms with Crippen molar-refractivity contribution in [3.8, 4) is 0 Å². The number of benzene rings is 1. The Morgan fingerprint density at radius 3 is 3.14 bits per heavy atom. The summed E-state index contributed by atoms with van der Waals surface area (Å²) in [6, 6.07) is 5.87. The van der Waals surface area contributed by atoms with Crippen molar-refractivity contribution in [1.82, 2.24) is 9.88 Å². The lowest BCUT2D eigenvalue weighted by Gasteiger charge is -2.28. The van der Waals surface area contributed by atoms with Gasteiger partial charge in [0.15, 0.2) is 5.13 Å². The molecule has 0 atom stereocenters. The maximum atomic E-state index is 12.5. The van der Waals surface area contributed by atoms with E-state index < -0.39 is 0 Å². The van der Waals surface area contributed by atoms with E-state index in [1.165, 1.54) is 22.5 Å². The number of aromatic nitrogens is 1. The second-order valence-electron chi connectivity index (χ2n) is 4.96. The molecule has 21 heavy (non-hydrogen) atoms. The second-order valence-corrected chi connectivity index (χ2v) is 6.25. The molecule has 0 fully saturated rings. The lowest BCUT2D eigenvalue weighted by molar-refractivity contribution is 0.0729. The van der Waals surface area contributed by atoms with Gasteiger partial charge < -0.3 is 10.2 Å². The van der Waals surface area contributed by atoms with Crippen molar-refractivity contribution in [3.05, 3.63) is 45.4 Å². The average molecular weight is 322 g/mol. The Bertz CT molecular complexity index is 671. The van der Waals surface area contributed by atoms with Crippen LogP contribution in [0.15, 0.2) is 23.6 Å². The van der Waals surface area contributed by atoms with Gasteiger partial charge >= 0.3 is 0 Å². The number of halogens is 1. The molecule has 0 saturated heterocycles. The molecule has 4 nitrogen and oxygen atoms in total. The molecule has 0 aliphatic carbocycles. The van der Waals surface area contributed by atoms with Gasteiger partial charge in [-0.2, -0.15) is 0 Å². The number of amides is 1. The summed E-state index contributed by atoms with van der Waals surface area (Å²) in [6.45, 7) is 4.15. The predicted octanol–water partition coefficient (Wildman–Crippen LogP) is 3.43. The fourth-order valence-corrected chi connectivity index (χ4v) is 3.41. The van der Waals surface area contributed by atoms with Crippen molar-refractivity contribution in [3.63, 3.8) is 0 Å². The summed E-state index contributed by atoms with van der Waals surface area (Å²) in [7, 11) is 0. The van der Waals surface area contributed by atoms with Crippen LogP contribution in [0.25, 0.3) is 0 Å². The number of carbonyl (C=O) groups is 1. The number of hydrogen-bond donors (Lipinski definition) is 1. The lowest BCUT2D eigenvalue weighted by atomic mass is 10.00. The normalized spacial score (nSPS) is 13.9. The SMILES string of the molecule is CCNc1nc(C(=O)N2CCc3cc(Cl)ccc3C2)cs1. The van der Waals surface area contributed by atoms with Gasteiger partial charge in [-0.15, -0.1) is 11.3 Å². The van der Waals surface area contributed by atoms with Crippen LogP contribution in [0, 0.1) is 0 Å². The van der Waals surface area contributed by atoms with Gasteiger partial charge in [-0.3, -0.25) is 4.79 Å². The minimum absolute atomic E-state index is 0.00370. The standard InChI is InChI=1S/C15H16ClN3OS/c1-2-17-15-18-13(9-21-15)14(20)19-6-5-10-7-12(16)4-3-11(10)8-19/h3-4,7,9H,2,5-6,8H2,1H3,(H,17,18). The van der Waals surface area contributed by atoms with Crippen LogP contribution in [0.1, 0.15) is 28.5 Å². The molecule has 0 saturated carbocycles. The minimum atomic E-state index is -0.00370. The number of hydrogen-bond acceptors (Lipinski definition) is 4. The first kappa shape index (κ1) is 14.4. The molecule has 1 N–H and O–H groups in total. The van der Waals surface area contributed by atoms with Crippen molar-refractivity contribution >= 4 is 34.0 Å². The van der Waals surface area contributed by atoms with Gasteiger partial charge in [0.25, 0.3) is 5.91 Å². The number of anilines is 1. The Kier molecular flexibility index (Phi) is 4.12. The van der Waals surface area contributed by atoms with Gasteiger partial charge in [-0.1, -0.05) is 17.7 Å². The van der Waals surface area contributed by atoms with Crippen molar-refractivity contribution < 1.29 is 4.79 Å². The van der Waals surface area contributed by atoms with E-state index in [1.54, 1.807) is 0 Å². The summed E-state index contributed by atoms with van der Waals surface area (Å²) in [5, 5.41) is 6.50. The molecule has 0 spiro atoms. The zero-order chi connectivity index (χ0) is 14.8. The average Bonchev–Trinajstić information content (AvgIpc) is 2.95. The molecule has 1 aromatic carbocycles. The van der Waals surface area contributed by atoms with Crippen LogP contribution in [0.2, 0.25) is 5.02 Å². The van der Waals surface area contributed by atoms with Crippen LogP contribution in [0.5, 0.6) is 0 Å². The highest BCUT2D eigenvalue weighted by molar-refractivity contribution is 7.13. The Morgan fingerprint density at radius 2 is 2.33 bits per heavy atom. The van der Waals surface area contributed by atoms with Crippen LogP contribution in [0.3, 0.4) is 0 Å². The molecular formula is C15H16ClN3OS. The number of thiazole rings is 1. The number of nitrogens with one attached hydrogen (secondary N) is 1. The zero-order valence-electron chi connectivity index (χ0n) is 11.7. The first-order valence-corrected chi connectivity index (χ1v) is 8.19. The van der Waals surface area contributed by atoms with Gasteiger partial charge in [0.05, 0.1) is 0 Å². The first-order valence-electron chi connectivity index (χ1n) is 6.93. The minimum Gasteiger partial charge on any atom is -0.362 e. The Labute approximate surface area is 132 Å². The van der Waals surface area contributed by atoms with Crippen LogP contribution < -0.4 is 5.32 Å². The molecule has 6 heteroatoms. The molecule has 2 heterocycles. The molecule has 1 aliphatic rings. The van der Waals surface area contributed by atoms with E-state index in [-0.39, 0.29) is 5.91 Å². The Morgan fingerprint density at radius 1 is 1.48 bits per heavy atom. The molecular weight excluding hydrogens is 306 g/mol. The zero-order valence-corrected chi connectivity index (χ0v) is 13.3. The summed E-state index contributed by atoms with van der Waals surface area (Å²) >= 11 is 7.47. The van der Waals surface area contributed by atoms with Crippen LogP contribution in [-0.2, 0) is 13.0 Å². The molecule has 2 aromatic rings. The van der Waals surface area contributed by atoms with Gasteiger partial charge in [-0.05, 0) is 36.6 Å². The monoisotopic (exact) mass is 321 g/mol. The van der Waals surface area contributed by atoms with E-state index >= 15 is 0 Å². The first-order chi connectivity index (χ1) is 10.2. The molecule has 1 aromatic heterocycles. The lowest BCUT2D eigenvalue weighted by Crippen LogP contribution is -2.36. The molecule has 0 bridgehead atoms. The van der Waals surface area contributed by atoms with E-state index in [9.17, 15) is 4.79 Å². The number of nitrogens with zero attached hydrogens (tertiary/aromatic N) is 2. The van der Waals surface area contributed by atoms with Crippen molar-refractivity contribution in [2.24, 2.45) is 0 Å². The van der Waals surface area contributed by atoms with Gasteiger partial charge in [0.2, 0.25) is 0 Å². The number of carbonyl (C=O) groups excluding carboxylic acids is 1. The summed E-state index contributed by atoms with van der Waals surface area (Å²) in [5.74, 6) is -0.00370. The van der Waals surface area contributed by atoms with Crippen molar-refractivity contribution in [1.29, 1.82) is 0 Å². The molecule has 3 rings (SSSR count). The third kappa shape index (κ3) is 3.04. The van der Waals surface area contributed by atoms with Crippen LogP contribution in [0.4, 0.5) is 5.13 Å². The maximum Gasteiger partial charge on any atom is 0.273 e. The molecule has 1 aliphatic heterocycles. The van der Waals surface area contributed by atoms with Gasteiger partial charge in [0.1, 0.15) is 5.69 Å². The summed E-state index contributed by atoms with van der Waals surface area (Å²) < 4.78 is 0. The highest BCUT2D eigenvalue weighted by atomic mass is 35.5. The number of fused-ring (bicyclic) bond motifs is 1. The highest BCUT2D eigenvalue weighted by Crippen LogP contribution is 2.24. The Hall–Kier alpha value is -1.59. The quantitative estimate of drug-likeness (QED) is 0.942. The Balaban J connectivity index is 1.75. The highest BCUT2D eigenvalue weighted by Gasteiger charge is 2.23. The molecule has 1 amide bonds. The smallest absolute Gasteiger partial charge is 0.273 e. The fraction of sp³-hybridized carbons (Fsp3) is 0.333.